The summed E-state index contributed by atoms with van der Waals surface area (Å²) in [4.78, 5) is 12.4. The Morgan fingerprint density at radius 1 is 1.14 bits per heavy atom. The summed E-state index contributed by atoms with van der Waals surface area (Å²) in [5.74, 6) is -0.118. The van der Waals surface area contributed by atoms with E-state index in [1.807, 2.05) is 0 Å². The lowest BCUT2D eigenvalue weighted by atomic mass is 10.2. The summed E-state index contributed by atoms with van der Waals surface area (Å²) < 4.78 is 26.4. The van der Waals surface area contributed by atoms with Crippen LogP contribution < -0.4 is 0 Å². The van der Waals surface area contributed by atoms with Gasteiger partial charge in [-0.15, -0.1) is 0 Å². The zero-order valence-corrected chi connectivity index (χ0v) is 13.6. The number of nitro groups is 1. The molecule has 1 aromatic carbocycles. The molecule has 1 heterocycles. The maximum atomic E-state index is 12.4. The van der Waals surface area contributed by atoms with Crippen LogP contribution in [-0.4, -0.2) is 54.8 Å². The zero-order chi connectivity index (χ0) is 16.3. The summed E-state index contributed by atoms with van der Waals surface area (Å²) >= 11 is 0. The molecule has 1 saturated heterocycles. The van der Waals surface area contributed by atoms with Crippen LogP contribution in [0, 0.1) is 10.1 Å². The maximum Gasteiger partial charge on any atom is 0.269 e. The van der Waals surface area contributed by atoms with Crippen LogP contribution >= 0.6 is 0 Å². The Bertz CT molecular complexity index is 620. The molecular formula is C14H21N3O4S. The van der Waals surface area contributed by atoms with Gasteiger partial charge in [0.2, 0.25) is 10.0 Å². The van der Waals surface area contributed by atoms with Crippen LogP contribution in [0.15, 0.2) is 24.3 Å². The fourth-order valence-corrected chi connectivity index (χ4v) is 4.03. The molecule has 0 amide bonds. The number of hydrogen-bond acceptors (Lipinski definition) is 5. The van der Waals surface area contributed by atoms with Crippen LogP contribution in [0.2, 0.25) is 0 Å². The van der Waals surface area contributed by atoms with Gasteiger partial charge in [-0.2, -0.15) is 4.31 Å². The van der Waals surface area contributed by atoms with Crippen LogP contribution in [0.5, 0.6) is 0 Å². The number of hydrogen-bond donors (Lipinski definition) is 0. The summed E-state index contributed by atoms with van der Waals surface area (Å²) in [5.41, 5.74) is 0.531. The molecule has 2 rings (SSSR count). The topological polar surface area (TPSA) is 83.8 Å². The van der Waals surface area contributed by atoms with Crippen molar-refractivity contribution < 1.29 is 13.3 Å². The first-order valence-corrected chi connectivity index (χ1v) is 8.86. The summed E-state index contributed by atoms with van der Waals surface area (Å²) in [6.45, 7) is 6.65. The molecule has 0 N–H and O–H groups in total. The summed E-state index contributed by atoms with van der Waals surface area (Å²) in [6.07, 6.45) is 0. The second kappa shape index (κ2) is 6.72. The van der Waals surface area contributed by atoms with Gasteiger partial charge in [0, 0.05) is 44.4 Å². The molecule has 0 bridgehead atoms. The highest BCUT2D eigenvalue weighted by Gasteiger charge is 2.27. The predicted molar refractivity (Wildman–Crippen MR) is 84.0 cm³/mol. The summed E-state index contributed by atoms with van der Waals surface area (Å²) in [6, 6.07) is 6.09. The largest absolute Gasteiger partial charge is 0.298 e. The minimum absolute atomic E-state index is 0.0355. The van der Waals surface area contributed by atoms with E-state index in [0.717, 1.165) is 13.1 Å². The molecule has 1 aliphatic rings. The first-order chi connectivity index (χ1) is 10.3. The van der Waals surface area contributed by atoms with Crippen molar-refractivity contribution in [3.8, 4) is 0 Å². The van der Waals surface area contributed by atoms with Gasteiger partial charge in [0.25, 0.3) is 5.69 Å². The molecule has 1 fully saturated rings. The van der Waals surface area contributed by atoms with Gasteiger partial charge >= 0.3 is 0 Å². The van der Waals surface area contributed by atoms with Crippen molar-refractivity contribution in [1.29, 1.82) is 0 Å². The number of sulfonamides is 1. The van der Waals surface area contributed by atoms with Crippen LogP contribution in [0.3, 0.4) is 0 Å². The molecule has 0 spiro atoms. The van der Waals surface area contributed by atoms with Gasteiger partial charge in [0.15, 0.2) is 0 Å². The van der Waals surface area contributed by atoms with Gasteiger partial charge in [0.1, 0.15) is 0 Å². The van der Waals surface area contributed by atoms with Gasteiger partial charge in [-0.05, 0) is 19.4 Å². The van der Waals surface area contributed by atoms with E-state index >= 15 is 0 Å². The van der Waals surface area contributed by atoms with E-state index in [0.29, 0.717) is 24.7 Å². The smallest absolute Gasteiger partial charge is 0.269 e. The molecule has 22 heavy (non-hydrogen) atoms. The van der Waals surface area contributed by atoms with E-state index in [4.69, 9.17) is 0 Å². The Balaban J connectivity index is 2.01. The van der Waals surface area contributed by atoms with Gasteiger partial charge in [0.05, 0.1) is 10.7 Å². The molecule has 0 unspecified atom stereocenters. The first kappa shape index (κ1) is 16.9. The minimum atomic E-state index is -3.38. The van der Waals surface area contributed by atoms with E-state index in [9.17, 15) is 18.5 Å². The normalized spacial score (nSPS) is 17.8. The highest BCUT2D eigenvalue weighted by Crippen LogP contribution is 2.17. The van der Waals surface area contributed by atoms with Crippen molar-refractivity contribution >= 4 is 15.7 Å². The van der Waals surface area contributed by atoms with Crippen molar-refractivity contribution in [2.45, 2.75) is 25.6 Å². The monoisotopic (exact) mass is 327 g/mol. The molecule has 8 heteroatoms. The maximum absolute atomic E-state index is 12.4. The fourth-order valence-electron chi connectivity index (χ4n) is 2.51. The molecular weight excluding hydrogens is 306 g/mol. The second-order valence-electron chi connectivity index (χ2n) is 5.71. The van der Waals surface area contributed by atoms with E-state index in [-0.39, 0.29) is 11.4 Å². The van der Waals surface area contributed by atoms with Crippen molar-refractivity contribution in [2.75, 3.05) is 26.2 Å². The molecule has 0 atom stereocenters. The number of non-ortho nitro benzene ring substituents is 1. The Kier molecular flexibility index (Phi) is 5.15. The standard InChI is InChI=1S/C14H21N3O4S/c1-12(2)15-7-9-16(10-8-15)22(20,21)11-13-3-5-14(6-4-13)17(18)19/h3-6,12H,7-11H2,1-2H3. The van der Waals surface area contributed by atoms with E-state index in [1.165, 1.54) is 28.6 Å². The highest BCUT2D eigenvalue weighted by molar-refractivity contribution is 7.88. The lowest BCUT2D eigenvalue weighted by Crippen LogP contribution is -2.50. The summed E-state index contributed by atoms with van der Waals surface area (Å²) in [5, 5.41) is 10.6. The van der Waals surface area contributed by atoms with Crippen molar-refractivity contribution in [1.82, 2.24) is 9.21 Å². The predicted octanol–water partition coefficient (Wildman–Crippen LogP) is 1.45. The molecule has 1 aliphatic heterocycles. The van der Waals surface area contributed by atoms with Gasteiger partial charge in [-0.3, -0.25) is 15.0 Å². The third-order valence-electron chi connectivity index (χ3n) is 3.89. The van der Waals surface area contributed by atoms with Crippen molar-refractivity contribution in [3.05, 3.63) is 39.9 Å². The Hall–Kier alpha value is -1.51. The number of rotatable bonds is 5. The fraction of sp³-hybridized carbons (Fsp3) is 0.571. The number of nitrogens with zero attached hydrogens (tertiary/aromatic N) is 3. The highest BCUT2D eigenvalue weighted by atomic mass is 32.2. The molecule has 0 aromatic heterocycles. The third kappa shape index (κ3) is 4.02. The lowest BCUT2D eigenvalue weighted by Gasteiger charge is -2.36. The van der Waals surface area contributed by atoms with E-state index in [2.05, 4.69) is 18.7 Å². The van der Waals surface area contributed by atoms with E-state index in [1.54, 1.807) is 0 Å². The van der Waals surface area contributed by atoms with Gasteiger partial charge in [-0.25, -0.2) is 8.42 Å². The quantitative estimate of drug-likeness (QED) is 0.604. The lowest BCUT2D eigenvalue weighted by molar-refractivity contribution is -0.384. The minimum Gasteiger partial charge on any atom is -0.298 e. The van der Waals surface area contributed by atoms with Gasteiger partial charge in [-0.1, -0.05) is 12.1 Å². The van der Waals surface area contributed by atoms with E-state index < -0.39 is 14.9 Å². The first-order valence-electron chi connectivity index (χ1n) is 7.25. The average molecular weight is 327 g/mol. The summed E-state index contributed by atoms with van der Waals surface area (Å²) in [7, 11) is -3.38. The number of benzene rings is 1. The molecule has 122 valence electrons. The van der Waals surface area contributed by atoms with Crippen LogP contribution in [0.4, 0.5) is 5.69 Å². The molecule has 0 saturated carbocycles. The number of piperazine rings is 1. The van der Waals surface area contributed by atoms with Crippen molar-refractivity contribution in [3.63, 3.8) is 0 Å². The zero-order valence-electron chi connectivity index (χ0n) is 12.8. The average Bonchev–Trinajstić information content (AvgIpc) is 2.47. The second-order valence-corrected chi connectivity index (χ2v) is 7.68. The van der Waals surface area contributed by atoms with Crippen LogP contribution in [-0.2, 0) is 15.8 Å². The number of nitro benzene ring substituents is 1. The van der Waals surface area contributed by atoms with Crippen LogP contribution in [0.25, 0.3) is 0 Å². The molecule has 7 nitrogen and oxygen atoms in total. The SMILES string of the molecule is CC(C)N1CCN(S(=O)(=O)Cc2ccc([N+](=O)[O-])cc2)CC1. The van der Waals surface area contributed by atoms with Crippen LogP contribution in [0.1, 0.15) is 19.4 Å². The Morgan fingerprint density at radius 2 is 1.68 bits per heavy atom. The molecule has 1 aromatic rings. The Morgan fingerprint density at radius 3 is 2.14 bits per heavy atom. The Labute approximate surface area is 130 Å². The third-order valence-corrected chi connectivity index (χ3v) is 5.74. The van der Waals surface area contributed by atoms with Gasteiger partial charge < -0.3 is 0 Å². The molecule has 0 radical (unpaired) electrons. The van der Waals surface area contributed by atoms with Crippen molar-refractivity contribution in [2.24, 2.45) is 0 Å². The molecule has 0 aliphatic carbocycles.